The minimum absolute atomic E-state index is 0.0890. The predicted molar refractivity (Wildman–Crippen MR) is 70.4 cm³/mol. The summed E-state index contributed by atoms with van der Waals surface area (Å²) in [6.07, 6.45) is 1.03. The van der Waals surface area contributed by atoms with Crippen molar-refractivity contribution in [3.8, 4) is 6.07 Å². The highest BCUT2D eigenvalue weighted by Crippen LogP contribution is 2.52. The highest BCUT2D eigenvalue weighted by molar-refractivity contribution is 7.53. The highest BCUT2D eigenvalue weighted by Gasteiger charge is 2.57. The Labute approximate surface area is 109 Å². The topological polar surface area (TPSA) is 81.3 Å². The van der Waals surface area contributed by atoms with Gasteiger partial charge in [0, 0.05) is 0 Å². The molecule has 0 aromatic heterocycles. The lowest BCUT2D eigenvalue weighted by atomic mass is 9.95. The van der Waals surface area contributed by atoms with Crippen LogP contribution in [0.3, 0.4) is 0 Å². The zero-order valence-corrected chi connectivity index (χ0v) is 12.5. The molecule has 1 N–H and O–H groups in total. The van der Waals surface area contributed by atoms with Crippen LogP contribution in [-0.4, -0.2) is 31.0 Å². The maximum absolute atomic E-state index is 12.4. The Morgan fingerprint density at radius 2 is 1.94 bits per heavy atom. The molecule has 104 valence electrons. The molecule has 0 bridgehead atoms. The molecule has 0 aliphatic carbocycles. The summed E-state index contributed by atoms with van der Waals surface area (Å²) in [5.74, 6) is 0.417. The summed E-state index contributed by atoms with van der Waals surface area (Å²) in [5, 5.41) is 12.4. The molecule has 1 aliphatic heterocycles. The maximum Gasteiger partial charge on any atom is 0.332 e. The summed E-state index contributed by atoms with van der Waals surface area (Å²) in [7, 11) is -3.06. The molecule has 0 amide bonds. The fourth-order valence-corrected chi connectivity index (χ4v) is 4.15. The van der Waals surface area contributed by atoms with Gasteiger partial charge < -0.3 is 9.05 Å². The van der Waals surface area contributed by atoms with Crippen LogP contribution in [0.25, 0.3) is 0 Å². The van der Waals surface area contributed by atoms with Gasteiger partial charge in [-0.3, -0.25) is 9.88 Å². The number of nitrogens with zero attached hydrogens (tertiary/aromatic N) is 1. The van der Waals surface area contributed by atoms with Crippen LogP contribution in [0.2, 0.25) is 0 Å². The Kier molecular flexibility index (Phi) is 5.36. The van der Waals surface area contributed by atoms with Crippen molar-refractivity contribution < 1.29 is 13.6 Å². The molecule has 1 saturated heterocycles. The molecule has 1 rings (SSSR count). The van der Waals surface area contributed by atoms with Gasteiger partial charge in [-0.1, -0.05) is 13.8 Å². The molecule has 0 radical (unpaired) electrons. The molecule has 6 heteroatoms. The average molecular weight is 274 g/mol. The smallest absolute Gasteiger partial charge is 0.309 e. The van der Waals surface area contributed by atoms with Gasteiger partial charge in [-0.2, -0.15) is 5.26 Å². The predicted octanol–water partition coefficient (Wildman–Crippen LogP) is 2.53. The van der Waals surface area contributed by atoms with Crippen LogP contribution in [0, 0.1) is 17.2 Å². The minimum Gasteiger partial charge on any atom is -0.309 e. The molecule has 18 heavy (non-hydrogen) atoms. The van der Waals surface area contributed by atoms with E-state index in [9.17, 15) is 9.83 Å². The quantitative estimate of drug-likeness (QED) is 0.543. The van der Waals surface area contributed by atoms with Gasteiger partial charge in [0.1, 0.15) is 5.54 Å². The second-order valence-corrected chi connectivity index (χ2v) is 7.11. The summed E-state index contributed by atoms with van der Waals surface area (Å²) >= 11 is 0. The number of nitriles is 1. The van der Waals surface area contributed by atoms with Gasteiger partial charge in [-0.25, -0.2) is 0 Å². The molecule has 1 fully saturated rings. The standard InChI is InChI=1S/C12H23N2O3P/c1-5-16-18(15,17-6-2)8-11-12(9-13,14-11)7-10(3)4/h10-11,14H,5-8H2,1-4H3/t11-,12-/m0/s1. The zero-order valence-electron chi connectivity index (χ0n) is 11.6. The molecule has 2 atom stereocenters. The van der Waals surface area contributed by atoms with Crippen LogP contribution >= 0.6 is 7.60 Å². The van der Waals surface area contributed by atoms with Crippen molar-refractivity contribution in [2.24, 2.45) is 5.92 Å². The van der Waals surface area contributed by atoms with Gasteiger partial charge in [0.25, 0.3) is 0 Å². The third-order valence-corrected chi connectivity index (χ3v) is 5.05. The van der Waals surface area contributed by atoms with Crippen LogP contribution < -0.4 is 5.32 Å². The van der Waals surface area contributed by atoms with Gasteiger partial charge in [-0.15, -0.1) is 0 Å². The third kappa shape index (κ3) is 3.80. The Bertz CT molecular complexity index is 357. The average Bonchev–Trinajstić information content (AvgIpc) is 2.90. The monoisotopic (exact) mass is 274 g/mol. The van der Waals surface area contributed by atoms with Crippen molar-refractivity contribution in [2.45, 2.75) is 45.7 Å². The van der Waals surface area contributed by atoms with Crippen molar-refractivity contribution in [1.29, 1.82) is 5.26 Å². The molecule has 0 spiro atoms. The first-order valence-corrected chi connectivity index (χ1v) is 8.21. The van der Waals surface area contributed by atoms with Crippen molar-refractivity contribution in [1.82, 2.24) is 5.32 Å². The van der Waals surface area contributed by atoms with Crippen LogP contribution in [0.1, 0.15) is 34.1 Å². The fraction of sp³-hybridized carbons (Fsp3) is 0.917. The summed E-state index contributed by atoms with van der Waals surface area (Å²) in [6, 6.07) is 2.21. The number of hydrogen-bond donors (Lipinski definition) is 1. The van der Waals surface area contributed by atoms with E-state index >= 15 is 0 Å². The summed E-state index contributed by atoms with van der Waals surface area (Å²) in [5.41, 5.74) is -0.544. The van der Waals surface area contributed by atoms with E-state index in [1.807, 2.05) is 0 Å². The lowest BCUT2D eigenvalue weighted by Gasteiger charge is -2.17. The first kappa shape index (κ1) is 15.7. The normalized spacial score (nSPS) is 27.2. The van der Waals surface area contributed by atoms with Gasteiger partial charge in [0.05, 0.1) is 31.5 Å². The minimum atomic E-state index is -3.06. The van der Waals surface area contributed by atoms with Gasteiger partial charge in [0.15, 0.2) is 0 Å². The summed E-state index contributed by atoms with van der Waals surface area (Å²) < 4.78 is 22.9. The number of rotatable bonds is 8. The first-order chi connectivity index (χ1) is 8.41. The van der Waals surface area contributed by atoms with E-state index in [1.165, 1.54) is 0 Å². The second-order valence-electron chi connectivity index (χ2n) is 5.01. The SMILES string of the molecule is CCOP(=O)(C[C@@H]1N[C@]1(C#N)CC(C)C)OCC. The van der Waals surface area contributed by atoms with E-state index in [2.05, 4.69) is 25.2 Å². The van der Waals surface area contributed by atoms with Crippen molar-refractivity contribution in [2.75, 3.05) is 19.4 Å². The third-order valence-electron chi connectivity index (χ3n) is 2.93. The van der Waals surface area contributed by atoms with E-state index in [-0.39, 0.29) is 12.2 Å². The van der Waals surface area contributed by atoms with Crippen LogP contribution in [0.5, 0.6) is 0 Å². The molecular formula is C12H23N2O3P. The van der Waals surface area contributed by atoms with Crippen molar-refractivity contribution in [3.05, 3.63) is 0 Å². The Balaban J connectivity index is 2.63. The number of hydrogen-bond acceptors (Lipinski definition) is 5. The largest absolute Gasteiger partial charge is 0.332 e. The summed E-state index contributed by atoms with van der Waals surface area (Å²) in [4.78, 5) is 0. The molecule has 0 aromatic rings. The van der Waals surface area contributed by atoms with E-state index < -0.39 is 13.1 Å². The molecule has 1 aliphatic rings. The molecule has 5 nitrogen and oxygen atoms in total. The lowest BCUT2D eigenvalue weighted by molar-refractivity contribution is 0.220. The van der Waals surface area contributed by atoms with Crippen LogP contribution in [0.4, 0.5) is 0 Å². The van der Waals surface area contributed by atoms with Crippen LogP contribution in [-0.2, 0) is 13.6 Å². The van der Waals surface area contributed by atoms with Crippen molar-refractivity contribution >= 4 is 7.60 Å². The van der Waals surface area contributed by atoms with Gasteiger partial charge in [-0.05, 0) is 26.2 Å². The molecule has 0 saturated carbocycles. The number of nitrogens with one attached hydrogen (secondary N) is 1. The Morgan fingerprint density at radius 3 is 2.33 bits per heavy atom. The fourth-order valence-electron chi connectivity index (χ4n) is 2.23. The molecular weight excluding hydrogens is 251 g/mol. The van der Waals surface area contributed by atoms with E-state index in [0.29, 0.717) is 19.1 Å². The van der Waals surface area contributed by atoms with E-state index in [1.54, 1.807) is 13.8 Å². The first-order valence-electron chi connectivity index (χ1n) is 6.48. The molecule has 1 heterocycles. The van der Waals surface area contributed by atoms with E-state index in [4.69, 9.17) is 9.05 Å². The van der Waals surface area contributed by atoms with Crippen molar-refractivity contribution in [3.63, 3.8) is 0 Å². The lowest BCUT2D eigenvalue weighted by Crippen LogP contribution is -2.19. The summed E-state index contributed by atoms with van der Waals surface area (Å²) in [6.45, 7) is 8.43. The van der Waals surface area contributed by atoms with Gasteiger partial charge >= 0.3 is 7.60 Å². The molecule has 0 aromatic carbocycles. The Hall–Kier alpha value is -0.400. The second kappa shape index (κ2) is 6.16. The maximum atomic E-state index is 12.4. The van der Waals surface area contributed by atoms with Crippen LogP contribution in [0.15, 0.2) is 0 Å². The van der Waals surface area contributed by atoms with Gasteiger partial charge in [0.2, 0.25) is 0 Å². The van der Waals surface area contributed by atoms with E-state index in [0.717, 1.165) is 6.42 Å². The zero-order chi connectivity index (χ0) is 13.8. The highest BCUT2D eigenvalue weighted by atomic mass is 31.2. The molecule has 0 unspecified atom stereocenters. The Morgan fingerprint density at radius 1 is 1.39 bits per heavy atom.